The van der Waals surface area contributed by atoms with E-state index in [-0.39, 0.29) is 43.2 Å². The van der Waals surface area contributed by atoms with E-state index in [1.807, 2.05) is 6.07 Å². The summed E-state index contributed by atoms with van der Waals surface area (Å²) in [7, 11) is 0. The number of nitrogens with zero attached hydrogens (tertiary/aromatic N) is 6. The first-order chi connectivity index (χ1) is 20.9. The summed E-state index contributed by atoms with van der Waals surface area (Å²) in [5.41, 5.74) is 0.0926. The minimum absolute atomic E-state index is 0.0649. The molecule has 2 bridgehead atoms. The maximum atomic E-state index is 13.9. The molecule has 6 heterocycles. The van der Waals surface area contributed by atoms with Gasteiger partial charge in [-0.25, -0.2) is 23.1 Å². The Bertz CT molecular complexity index is 1640. The van der Waals surface area contributed by atoms with Crippen molar-refractivity contribution in [3.05, 3.63) is 71.8 Å². The van der Waals surface area contributed by atoms with Gasteiger partial charge in [0.15, 0.2) is 17.6 Å². The number of morpholine rings is 1. The molecule has 1 amide bonds. The number of ether oxygens (including phenoxy) is 4. The molecule has 1 aromatic carbocycles. The molecule has 0 aliphatic carbocycles. The fraction of sp³-hybridized carbons (Fsp3) is 0.393. The molecule has 4 aromatic rings. The third kappa shape index (κ3) is 5.42. The Hall–Kier alpha value is -4.47. The van der Waals surface area contributed by atoms with E-state index in [2.05, 4.69) is 25.4 Å². The van der Waals surface area contributed by atoms with Crippen LogP contribution >= 0.6 is 0 Å². The van der Waals surface area contributed by atoms with Crippen LogP contribution in [0.15, 0.2) is 55.0 Å². The summed E-state index contributed by atoms with van der Waals surface area (Å²) in [6.07, 6.45) is 1.71. The Balaban J connectivity index is 1.01. The Kier molecular flexibility index (Phi) is 7.20. The zero-order valence-corrected chi connectivity index (χ0v) is 22.7. The summed E-state index contributed by atoms with van der Waals surface area (Å²) in [5, 5.41) is 10.8. The van der Waals surface area contributed by atoms with Crippen LogP contribution in [-0.4, -0.2) is 87.7 Å². The first kappa shape index (κ1) is 27.4. The van der Waals surface area contributed by atoms with Gasteiger partial charge in [-0.15, -0.1) is 0 Å². The normalized spacial score (nSPS) is 23.3. The zero-order chi connectivity index (χ0) is 29.5. The summed E-state index contributed by atoms with van der Waals surface area (Å²) in [6.45, 7) is 1.34. The van der Waals surface area contributed by atoms with E-state index in [4.69, 9.17) is 18.9 Å². The maximum Gasteiger partial charge on any atom is 0.338 e. The van der Waals surface area contributed by atoms with Gasteiger partial charge >= 0.3 is 5.97 Å². The predicted molar refractivity (Wildman–Crippen MR) is 145 cm³/mol. The van der Waals surface area contributed by atoms with Gasteiger partial charge < -0.3 is 29.2 Å². The standard InChI is InChI=1S/C28H27F2N7O6/c29-25(30)24-21(11-37(34-24)18-13-41-23(42-14-18)15-43-28(39)16-4-2-1-3-5-16)32-27(38)20-9-31-36-7-6-22(33-26(20)36)35-10-19-8-17(35)12-40-19/h1-7,9,11,17-19,23,25H,8,10,12-15H2,(H,32,38)/t17-,18-,19-,23-/m1/s1. The van der Waals surface area contributed by atoms with Crippen LogP contribution < -0.4 is 10.2 Å². The molecule has 3 saturated heterocycles. The Labute approximate surface area is 243 Å². The number of hydrogen-bond donors (Lipinski definition) is 1. The molecule has 0 unspecified atom stereocenters. The highest BCUT2D eigenvalue weighted by Gasteiger charge is 2.40. The fourth-order valence-corrected chi connectivity index (χ4v) is 5.48. The molecular formula is C28H27F2N7O6. The minimum atomic E-state index is -2.95. The topological polar surface area (TPSA) is 134 Å². The number of benzene rings is 1. The number of alkyl halides is 2. The van der Waals surface area contributed by atoms with Crippen LogP contribution in [0, 0.1) is 0 Å². The lowest BCUT2D eigenvalue weighted by molar-refractivity contribution is -0.212. The zero-order valence-electron chi connectivity index (χ0n) is 22.7. The predicted octanol–water partition coefficient (Wildman–Crippen LogP) is 2.86. The number of fused-ring (bicyclic) bond motifs is 3. The average molecular weight is 596 g/mol. The Morgan fingerprint density at radius 2 is 1.86 bits per heavy atom. The van der Waals surface area contributed by atoms with E-state index in [0.717, 1.165) is 6.42 Å². The number of anilines is 2. The van der Waals surface area contributed by atoms with Crippen molar-refractivity contribution in [2.45, 2.75) is 37.3 Å². The van der Waals surface area contributed by atoms with E-state index >= 15 is 0 Å². The van der Waals surface area contributed by atoms with Crippen LogP contribution in [0.4, 0.5) is 20.3 Å². The molecule has 0 saturated carbocycles. The summed E-state index contributed by atoms with van der Waals surface area (Å²) >= 11 is 0. The Morgan fingerprint density at radius 3 is 2.58 bits per heavy atom. The smallest absolute Gasteiger partial charge is 0.338 e. The third-order valence-electron chi connectivity index (χ3n) is 7.69. The van der Waals surface area contributed by atoms with Gasteiger partial charge in [0.05, 0.1) is 55.5 Å². The molecule has 224 valence electrons. The number of esters is 1. The highest BCUT2D eigenvalue weighted by molar-refractivity contribution is 6.08. The van der Waals surface area contributed by atoms with Crippen molar-refractivity contribution in [2.24, 2.45) is 0 Å². The quantitative estimate of drug-likeness (QED) is 0.303. The van der Waals surface area contributed by atoms with Crippen LogP contribution in [0.25, 0.3) is 5.65 Å². The second-order valence-corrected chi connectivity index (χ2v) is 10.5. The molecule has 15 heteroatoms. The second kappa shape index (κ2) is 11.3. The lowest BCUT2D eigenvalue weighted by Crippen LogP contribution is -2.37. The minimum Gasteiger partial charge on any atom is -0.457 e. The van der Waals surface area contributed by atoms with Gasteiger partial charge in [-0.05, 0) is 24.6 Å². The van der Waals surface area contributed by atoms with Crippen LogP contribution in [0.1, 0.15) is 45.3 Å². The lowest BCUT2D eigenvalue weighted by atomic mass is 10.2. The van der Waals surface area contributed by atoms with Gasteiger partial charge in [-0.1, -0.05) is 18.2 Å². The van der Waals surface area contributed by atoms with Gasteiger partial charge in [-0.2, -0.15) is 10.2 Å². The number of amides is 1. The van der Waals surface area contributed by atoms with Crippen LogP contribution in [-0.2, 0) is 18.9 Å². The molecule has 43 heavy (non-hydrogen) atoms. The number of carbonyl (C=O) groups excluding carboxylic acids is 2. The molecule has 2 atom stereocenters. The van der Waals surface area contributed by atoms with Gasteiger partial charge in [0.25, 0.3) is 12.3 Å². The van der Waals surface area contributed by atoms with Gasteiger partial charge in [0.1, 0.15) is 18.0 Å². The SMILES string of the molecule is O=C(OC[C@H]1OC[C@H](n2cc(NC(=O)c3cnn4ccc(N5C[C@H]6C[C@@H]5CO6)nc34)c(C(F)F)n2)CO1)c1ccccc1. The second-order valence-electron chi connectivity index (χ2n) is 10.5. The first-order valence-electron chi connectivity index (χ1n) is 13.8. The summed E-state index contributed by atoms with van der Waals surface area (Å²) in [4.78, 5) is 32.2. The van der Waals surface area contributed by atoms with Crippen LogP contribution in [0.3, 0.4) is 0 Å². The van der Waals surface area contributed by atoms with Gasteiger partial charge in [0.2, 0.25) is 0 Å². The molecule has 3 aliphatic rings. The van der Waals surface area contributed by atoms with Gasteiger partial charge in [0, 0.05) is 18.9 Å². The summed E-state index contributed by atoms with van der Waals surface area (Å²) < 4.78 is 52.8. The molecule has 1 N–H and O–H groups in total. The first-order valence-corrected chi connectivity index (χ1v) is 13.8. The number of rotatable bonds is 8. The van der Waals surface area contributed by atoms with Crippen molar-refractivity contribution in [2.75, 3.05) is 43.2 Å². The molecule has 13 nitrogen and oxygen atoms in total. The van der Waals surface area contributed by atoms with Crippen molar-refractivity contribution >= 4 is 29.0 Å². The Morgan fingerprint density at radius 1 is 1.07 bits per heavy atom. The van der Waals surface area contributed by atoms with Crippen molar-refractivity contribution in [1.29, 1.82) is 0 Å². The third-order valence-corrected chi connectivity index (χ3v) is 7.69. The maximum absolute atomic E-state index is 13.9. The van der Waals surface area contributed by atoms with Crippen molar-refractivity contribution < 1.29 is 37.3 Å². The molecule has 0 spiro atoms. The number of nitrogens with one attached hydrogen (secondary N) is 1. The van der Waals surface area contributed by atoms with Crippen molar-refractivity contribution in [3.8, 4) is 0 Å². The van der Waals surface area contributed by atoms with Crippen LogP contribution in [0.5, 0.6) is 0 Å². The summed E-state index contributed by atoms with van der Waals surface area (Å²) in [5.74, 6) is -0.465. The van der Waals surface area contributed by atoms with E-state index in [1.54, 1.807) is 36.5 Å². The highest BCUT2D eigenvalue weighted by Crippen LogP contribution is 2.32. The number of carbonyl (C=O) groups is 2. The van der Waals surface area contributed by atoms with E-state index in [0.29, 0.717) is 30.2 Å². The van der Waals surface area contributed by atoms with E-state index in [9.17, 15) is 18.4 Å². The van der Waals surface area contributed by atoms with Crippen LogP contribution in [0.2, 0.25) is 0 Å². The summed E-state index contributed by atoms with van der Waals surface area (Å²) in [6, 6.07) is 10.0. The number of hydrogen-bond acceptors (Lipinski definition) is 10. The molecule has 3 aliphatic heterocycles. The van der Waals surface area contributed by atoms with Gasteiger partial charge in [-0.3, -0.25) is 9.48 Å². The lowest BCUT2D eigenvalue weighted by Gasteiger charge is -2.29. The molecule has 7 rings (SSSR count). The van der Waals surface area contributed by atoms with Crippen molar-refractivity contribution in [1.82, 2.24) is 24.4 Å². The molecular weight excluding hydrogens is 568 g/mol. The fourth-order valence-electron chi connectivity index (χ4n) is 5.48. The van der Waals surface area contributed by atoms with E-state index < -0.39 is 36.3 Å². The molecule has 3 fully saturated rings. The number of halogens is 2. The number of aromatic nitrogens is 5. The monoisotopic (exact) mass is 595 g/mol. The highest BCUT2D eigenvalue weighted by atomic mass is 19.3. The molecule has 3 aromatic heterocycles. The average Bonchev–Trinajstić information content (AvgIpc) is 3.84. The van der Waals surface area contributed by atoms with Crippen molar-refractivity contribution in [3.63, 3.8) is 0 Å². The largest absolute Gasteiger partial charge is 0.457 e. The molecule has 0 radical (unpaired) electrons. The van der Waals surface area contributed by atoms with E-state index in [1.165, 1.54) is 21.6 Å².